The average Bonchev–Trinajstić information content (AvgIpc) is 2.65. The van der Waals surface area contributed by atoms with E-state index >= 15 is 0 Å². The molecule has 0 aliphatic rings. The average molecular weight is 306 g/mol. The summed E-state index contributed by atoms with van der Waals surface area (Å²) >= 11 is 4.75. The third-order valence-corrected chi connectivity index (χ3v) is 3.27. The van der Waals surface area contributed by atoms with Gasteiger partial charge in [0, 0.05) is 16.4 Å². The molecule has 0 radical (unpaired) electrons. The van der Waals surface area contributed by atoms with E-state index in [1.807, 2.05) is 18.4 Å². The summed E-state index contributed by atoms with van der Waals surface area (Å²) < 4.78 is 0.939. The van der Waals surface area contributed by atoms with Crippen LogP contribution in [0.3, 0.4) is 0 Å². The van der Waals surface area contributed by atoms with E-state index in [-0.39, 0.29) is 18.3 Å². The highest BCUT2D eigenvalue weighted by Gasteiger charge is 2.03. The first-order valence-electron chi connectivity index (χ1n) is 4.60. The van der Waals surface area contributed by atoms with Crippen molar-refractivity contribution in [1.29, 1.82) is 0 Å². The van der Waals surface area contributed by atoms with Crippen molar-refractivity contribution in [3.05, 3.63) is 20.8 Å². The summed E-state index contributed by atoms with van der Waals surface area (Å²) in [6, 6.07) is 1.83. The zero-order valence-electron chi connectivity index (χ0n) is 8.70. The van der Waals surface area contributed by atoms with E-state index in [9.17, 15) is 4.79 Å². The summed E-state index contributed by atoms with van der Waals surface area (Å²) in [7, 11) is 0. The number of hydrogen-bond acceptors (Lipinski definition) is 4. The minimum absolute atomic E-state index is 0.124. The predicted octanol–water partition coefficient (Wildman–Crippen LogP) is 1.28. The summed E-state index contributed by atoms with van der Waals surface area (Å²) in [4.78, 5) is 16.6. The second kappa shape index (κ2) is 6.49. The largest absolute Gasteiger partial charge is 0.384 e. The monoisotopic (exact) mass is 305 g/mol. The van der Waals surface area contributed by atoms with Crippen molar-refractivity contribution >= 4 is 39.0 Å². The van der Waals surface area contributed by atoms with Crippen LogP contribution in [-0.4, -0.2) is 24.9 Å². The van der Waals surface area contributed by atoms with Crippen LogP contribution in [0.1, 0.15) is 11.8 Å². The van der Waals surface area contributed by atoms with E-state index in [2.05, 4.69) is 26.4 Å². The summed E-state index contributed by atoms with van der Waals surface area (Å²) in [5.41, 5.74) is 5.65. The van der Waals surface area contributed by atoms with Crippen LogP contribution >= 0.6 is 27.3 Å². The Hall–Kier alpha value is -1.08. The van der Waals surface area contributed by atoms with Crippen molar-refractivity contribution in [3.8, 4) is 0 Å². The minimum atomic E-state index is -0.216. The van der Waals surface area contributed by atoms with Gasteiger partial charge in [-0.05, 0) is 28.9 Å². The third-order valence-electron chi connectivity index (χ3n) is 1.55. The van der Waals surface area contributed by atoms with E-state index in [0.29, 0.717) is 6.54 Å². The van der Waals surface area contributed by atoms with Gasteiger partial charge in [-0.3, -0.25) is 4.79 Å². The molecule has 0 bridgehead atoms. The van der Waals surface area contributed by atoms with Gasteiger partial charge >= 0.3 is 0 Å². The Kier molecular flexibility index (Phi) is 5.27. The maximum absolute atomic E-state index is 11.0. The van der Waals surface area contributed by atoms with E-state index in [1.54, 1.807) is 0 Å². The number of carbonyl (C=O) groups excluding carboxylic acids is 1. The molecule has 0 saturated heterocycles. The number of carbonyl (C=O) groups is 1. The first-order chi connectivity index (χ1) is 7.63. The summed E-state index contributed by atoms with van der Waals surface area (Å²) in [6.45, 7) is 2.28. The number of likely N-dealkylation sites (N-methyl/N-ethyl adjacent to an activating group) is 1. The fraction of sp³-hybridized carbons (Fsp3) is 0.333. The lowest BCUT2D eigenvalue weighted by atomic mass is 10.4. The standard InChI is InChI=1S/C9H12BrN3O2S/c1-2-12-8(14)4-15-13-9(11)7-3-6(10)5-16-7/h3,5H,2,4H2,1H3,(H2,11,13)(H,12,14). The van der Waals surface area contributed by atoms with Crippen molar-refractivity contribution in [2.24, 2.45) is 10.9 Å². The van der Waals surface area contributed by atoms with Crippen LogP contribution < -0.4 is 11.1 Å². The number of thiophene rings is 1. The zero-order valence-corrected chi connectivity index (χ0v) is 11.1. The molecule has 0 saturated carbocycles. The van der Waals surface area contributed by atoms with Gasteiger partial charge in [0.05, 0.1) is 4.88 Å². The molecule has 1 aromatic heterocycles. The van der Waals surface area contributed by atoms with Crippen LogP contribution in [-0.2, 0) is 9.63 Å². The molecule has 16 heavy (non-hydrogen) atoms. The van der Waals surface area contributed by atoms with E-state index in [4.69, 9.17) is 10.6 Å². The van der Waals surface area contributed by atoms with Crippen molar-refractivity contribution in [2.75, 3.05) is 13.2 Å². The molecular formula is C9H12BrN3O2S. The number of nitrogens with one attached hydrogen (secondary N) is 1. The van der Waals surface area contributed by atoms with Crippen LogP contribution in [0.4, 0.5) is 0 Å². The van der Waals surface area contributed by atoms with Gasteiger partial charge in [-0.2, -0.15) is 0 Å². The fourth-order valence-electron chi connectivity index (χ4n) is 0.901. The summed E-state index contributed by atoms with van der Waals surface area (Å²) in [5, 5.41) is 8.13. The molecule has 3 N–H and O–H groups in total. The molecule has 0 unspecified atom stereocenters. The van der Waals surface area contributed by atoms with Gasteiger partial charge in [-0.1, -0.05) is 5.16 Å². The lowest BCUT2D eigenvalue weighted by Gasteiger charge is -2.01. The van der Waals surface area contributed by atoms with Crippen molar-refractivity contribution < 1.29 is 9.63 Å². The summed E-state index contributed by atoms with van der Waals surface area (Å²) in [6.07, 6.45) is 0. The first kappa shape index (κ1) is 13.0. The Labute approximate surface area is 106 Å². The van der Waals surface area contributed by atoms with Gasteiger partial charge in [-0.25, -0.2) is 0 Å². The van der Waals surface area contributed by atoms with Crippen LogP contribution in [0.5, 0.6) is 0 Å². The van der Waals surface area contributed by atoms with Gasteiger partial charge in [0.1, 0.15) is 0 Å². The van der Waals surface area contributed by atoms with Gasteiger partial charge in [0.15, 0.2) is 12.4 Å². The molecule has 0 aliphatic carbocycles. The number of amidine groups is 1. The number of rotatable bonds is 5. The zero-order chi connectivity index (χ0) is 12.0. The number of nitrogens with two attached hydrogens (primary N) is 1. The first-order valence-corrected chi connectivity index (χ1v) is 6.27. The quantitative estimate of drug-likeness (QED) is 0.489. The molecule has 88 valence electrons. The number of halogens is 1. The van der Waals surface area contributed by atoms with Gasteiger partial charge in [0.2, 0.25) is 0 Å². The maximum Gasteiger partial charge on any atom is 0.260 e. The molecule has 7 heteroatoms. The van der Waals surface area contributed by atoms with Gasteiger partial charge in [-0.15, -0.1) is 11.3 Å². The van der Waals surface area contributed by atoms with Crippen LogP contribution in [0.15, 0.2) is 21.1 Å². The second-order valence-electron chi connectivity index (χ2n) is 2.83. The second-order valence-corrected chi connectivity index (χ2v) is 4.66. The number of nitrogens with zero attached hydrogens (tertiary/aromatic N) is 1. The minimum Gasteiger partial charge on any atom is -0.384 e. The van der Waals surface area contributed by atoms with E-state index in [1.165, 1.54) is 11.3 Å². The number of amides is 1. The highest BCUT2D eigenvalue weighted by Crippen LogP contribution is 2.19. The van der Waals surface area contributed by atoms with Crippen LogP contribution in [0.2, 0.25) is 0 Å². The smallest absolute Gasteiger partial charge is 0.260 e. The molecule has 1 aromatic rings. The van der Waals surface area contributed by atoms with Crippen molar-refractivity contribution in [1.82, 2.24) is 5.32 Å². The van der Waals surface area contributed by atoms with E-state index in [0.717, 1.165) is 9.35 Å². The van der Waals surface area contributed by atoms with Crippen LogP contribution in [0.25, 0.3) is 0 Å². The van der Waals surface area contributed by atoms with Crippen molar-refractivity contribution in [3.63, 3.8) is 0 Å². The van der Waals surface area contributed by atoms with E-state index < -0.39 is 0 Å². The molecule has 1 rings (SSSR count). The Morgan fingerprint density at radius 2 is 2.50 bits per heavy atom. The molecular weight excluding hydrogens is 294 g/mol. The lowest BCUT2D eigenvalue weighted by Crippen LogP contribution is -2.26. The fourth-order valence-corrected chi connectivity index (χ4v) is 2.22. The molecule has 0 aromatic carbocycles. The Morgan fingerprint density at radius 1 is 1.75 bits per heavy atom. The summed E-state index contributed by atoms with van der Waals surface area (Å²) in [5.74, 6) is 0.0476. The Bertz CT molecular complexity index is 392. The molecule has 5 nitrogen and oxygen atoms in total. The highest BCUT2D eigenvalue weighted by atomic mass is 79.9. The normalized spacial score (nSPS) is 11.2. The molecule has 0 fully saturated rings. The topological polar surface area (TPSA) is 76.7 Å². The third kappa shape index (κ3) is 4.19. The predicted molar refractivity (Wildman–Crippen MR) is 67.4 cm³/mol. The van der Waals surface area contributed by atoms with Crippen molar-refractivity contribution in [2.45, 2.75) is 6.92 Å². The Balaban J connectivity index is 2.43. The molecule has 1 heterocycles. The van der Waals surface area contributed by atoms with Gasteiger partial charge in [0.25, 0.3) is 5.91 Å². The SMILES string of the molecule is CCNC(=O)CON=C(N)c1cc(Br)cs1. The highest BCUT2D eigenvalue weighted by molar-refractivity contribution is 9.10. The Morgan fingerprint density at radius 3 is 3.06 bits per heavy atom. The molecule has 0 spiro atoms. The van der Waals surface area contributed by atoms with Crippen LogP contribution in [0, 0.1) is 0 Å². The molecule has 0 atom stereocenters. The molecule has 1 amide bonds. The maximum atomic E-state index is 11.0. The lowest BCUT2D eigenvalue weighted by molar-refractivity contribution is -0.125. The van der Waals surface area contributed by atoms with Gasteiger partial charge < -0.3 is 15.9 Å². The molecule has 0 aliphatic heterocycles. The number of hydrogen-bond donors (Lipinski definition) is 2. The number of oxime groups is 1.